The summed E-state index contributed by atoms with van der Waals surface area (Å²) in [4.78, 5) is 11.7. The summed E-state index contributed by atoms with van der Waals surface area (Å²) < 4.78 is 0. The van der Waals surface area contributed by atoms with Gasteiger partial charge in [0.15, 0.2) is 0 Å². The maximum atomic E-state index is 11.7. The second-order valence-electron chi connectivity index (χ2n) is 4.32. The number of hydrogen-bond donors (Lipinski definition) is 3. The van der Waals surface area contributed by atoms with Crippen LogP contribution in [-0.2, 0) is 4.79 Å². The van der Waals surface area contributed by atoms with Gasteiger partial charge in [-0.2, -0.15) is 5.10 Å². The summed E-state index contributed by atoms with van der Waals surface area (Å²) in [5, 5.41) is 10.7. The number of rotatable bonds is 6. The zero-order valence-corrected chi connectivity index (χ0v) is 10.3. The van der Waals surface area contributed by atoms with E-state index in [-0.39, 0.29) is 5.91 Å². The number of aromatic amines is 1. The highest BCUT2D eigenvalue weighted by Crippen LogP contribution is 2.17. The van der Waals surface area contributed by atoms with Crippen molar-refractivity contribution in [3.63, 3.8) is 0 Å². The van der Waals surface area contributed by atoms with Gasteiger partial charge in [0, 0.05) is 17.5 Å². The number of nitrogens with one attached hydrogen (secondary N) is 2. The highest BCUT2D eigenvalue weighted by Gasteiger charge is 2.03. The average molecular weight is 246 g/mol. The molecular weight excluding hydrogens is 228 g/mol. The Balaban J connectivity index is 1.86. The van der Waals surface area contributed by atoms with Gasteiger partial charge in [-0.1, -0.05) is 6.42 Å². The third kappa shape index (κ3) is 3.30. The van der Waals surface area contributed by atoms with E-state index in [1.807, 2.05) is 18.2 Å². The molecule has 5 heteroatoms. The van der Waals surface area contributed by atoms with Crippen LogP contribution in [0.5, 0.6) is 0 Å². The minimum atomic E-state index is 0.0508. The third-order valence-corrected chi connectivity index (χ3v) is 2.83. The predicted octanol–water partition coefficient (Wildman–Crippen LogP) is 2.02. The first-order valence-electron chi connectivity index (χ1n) is 6.22. The van der Waals surface area contributed by atoms with E-state index in [9.17, 15) is 4.79 Å². The Morgan fingerprint density at radius 1 is 1.33 bits per heavy atom. The second kappa shape index (κ2) is 6.16. The number of amides is 1. The first kappa shape index (κ1) is 12.6. The van der Waals surface area contributed by atoms with E-state index < -0.39 is 0 Å². The van der Waals surface area contributed by atoms with E-state index in [2.05, 4.69) is 15.5 Å². The number of nitrogens with zero attached hydrogens (tertiary/aromatic N) is 1. The van der Waals surface area contributed by atoms with Gasteiger partial charge in [0.2, 0.25) is 5.91 Å². The Morgan fingerprint density at radius 2 is 2.22 bits per heavy atom. The molecule has 0 fully saturated rings. The third-order valence-electron chi connectivity index (χ3n) is 2.83. The summed E-state index contributed by atoms with van der Waals surface area (Å²) in [6, 6.07) is 5.70. The number of fused-ring (bicyclic) bond motifs is 1. The van der Waals surface area contributed by atoms with E-state index in [0.29, 0.717) is 13.0 Å². The van der Waals surface area contributed by atoms with Gasteiger partial charge in [-0.05, 0) is 37.6 Å². The van der Waals surface area contributed by atoms with Crippen LogP contribution in [-0.4, -0.2) is 22.6 Å². The van der Waals surface area contributed by atoms with Crippen molar-refractivity contribution in [3.05, 3.63) is 24.4 Å². The molecule has 0 saturated heterocycles. The molecule has 0 atom stereocenters. The summed E-state index contributed by atoms with van der Waals surface area (Å²) in [6.45, 7) is 0.693. The molecule has 1 aromatic heterocycles. The molecular formula is C13H18N4O. The summed E-state index contributed by atoms with van der Waals surface area (Å²) in [6.07, 6.45) is 5.16. The zero-order valence-electron chi connectivity index (χ0n) is 10.3. The number of unbranched alkanes of at least 4 members (excludes halogenated alkanes) is 2. The first-order valence-corrected chi connectivity index (χ1v) is 6.22. The fraction of sp³-hybridized carbons (Fsp3) is 0.385. The van der Waals surface area contributed by atoms with Crippen LogP contribution in [0.4, 0.5) is 5.69 Å². The number of H-pyrrole nitrogens is 1. The van der Waals surface area contributed by atoms with E-state index in [0.717, 1.165) is 35.9 Å². The van der Waals surface area contributed by atoms with Crippen LogP contribution in [0.15, 0.2) is 24.4 Å². The molecule has 1 amide bonds. The van der Waals surface area contributed by atoms with Gasteiger partial charge in [0.1, 0.15) is 0 Å². The molecule has 1 aromatic carbocycles. The monoisotopic (exact) mass is 246 g/mol. The largest absolute Gasteiger partial charge is 0.330 e. The van der Waals surface area contributed by atoms with Crippen LogP contribution >= 0.6 is 0 Å². The van der Waals surface area contributed by atoms with Gasteiger partial charge >= 0.3 is 0 Å². The summed E-state index contributed by atoms with van der Waals surface area (Å²) >= 11 is 0. The molecule has 4 N–H and O–H groups in total. The van der Waals surface area contributed by atoms with Gasteiger partial charge < -0.3 is 11.1 Å². The maximum absolute atomic E-state index is 11.7. The van der Waals surface area contributed by atoms with Crippen LogP contribution in [0.3, 0.4) is 0 Å². The standard InChI is InChI=1S/C13H18N4O/c14-7-3-1-2-4-13(18)16-11-5-6-12-10(8-11)9-15-17-12/h5-6,8-9H,1-4,7,14H2,(H,15,17)(H,16,18). The minimum Gasteiger partial charge on any atom is -0.330 e. The van der Waals surface area contributed by atoms with Crippen LogP contribution in [0.1, 0.15) is 25.7 Å². The number of carbonyl (C=O) groups is 1. The van der Waals surface area contributed by atoms with Gasteiger partial charge in [0.25, 0.3) is 0 Å². The van der Waals surface area contributed by atoms with Crippen molar-refractivity contribution in [1.82, 2.24) is 10.2 Å². The quantitative estimate of drug-likeness (QED) is 0.682. The smallest absolute Gasteiger partial charge is 0.224 e. The molecule has 0 aliphatic heterocycles. The summed E-state index contributed by atoms with van der Waals surface area (Å²) in [5.74, 6) is 0.0508. The number of carbonyl (C=O) groups excluding carboxylic acids is 1. The Hall–Kier alpha value is -1.88. The highest BCUT2D eigenvalue weighted by atomic mass is 16.1. The van der Waals surface area contributed by atoms with Crippen LogP contribution in [0.25, 0.3) is 10.9 Å². The zero-order chi connectivity index (χ0) is 12.8. The van der Waals surface area contributed by atoms with Crippen molar-refractivity contribution < 1.29 is 4.79 Å². The van der Waals surface area contributed by atoms with E-state index in [4.69, 9.17) is 5.73 Å². The Bertz CT molecular complexity index is 520. The molecule has 0 aliphatic rings. The molecule has 0 spiro atoms. The molecule has 96 valence electrons. The van der Waals surface area contributed by atoms with Gasteiger partial charge in [0.05, 0.1) is 11.7 Å². The maximum Gasteiger partial charge on any atom is 0.224 e. The lowest BCUT2D eigenvalue weighted by atomic mass is 10.2. The summed E-state index contributed by atoms with van der Waals surface area (Å²) in [5.41, 5.74) is 7.18. The molecule has 0 bridgehead atoms. The van der Waals surface area contributed by atoms with Crippen LogP contribution < -0.4 is 11.1 Å². The first-order chi connectivity index (χ1) is 8.79. The number of hydrogen-bond acceptors (Lipinski definition) is 3. The molecule has 0 unspecified atom stereocenters. The minimum absolute atomic E-state index is 0.0508. The lowest BCUT2D eigenvalue weighted by molar-refractivity contribution is -0.116. The molecule has 0 aliphatic carbocycles. The predicted molar refractivity (Wildman–Crippen MR) is 72.2 cm³/mol. The highest BCUT2D eigenvalue weighted by molar-refractivity contribution is 5.93. The number of benzene rings is 1. The fourth-order valence-electron chi connectivity index (χ4n) is 1.85. The average Bonchev–Trinajstić information content (AvgIpc) is 2.82. The number of anilines is 1. The Kier molecular flexibility index (Phi) is 4.30. The lowest BCUT2D eigenvalue weighted by Crippen LogP contribution is -2.11. The van der Waals surface area contributed by atoms with E-state index in [1.165, 1.54) is 0 Å². The molecule has 2 rings (SSSR count). The Morgan fingerprint density at radius 3 is 3.06 bits per heavy atom. The van der Waals surface area contributed by atoms with Gasteiger partial charge in [-0.25, -0.2) is 0 Å². The topological polar surface area (TPSA) is 83.8 Å². The van der Waals surface area contributed by atoms with Gasteiger partial charge in [-0.3, -0.25) is 9.89 Å². The second-order valence-corrected chi connectivity index (χ2v) is 4.32. The molecule has 0 radical (unpaired) electrons. The normalized spacial score (nSPS) is 10.7. The summed E-state index contributed by atoms with van der Waals surface area (Å²) in [7, 11) is 0. The van der Waals surface area contributed by atoms with Crippen molar-refractivity contribution in [2.24, 2.45) is 5.73 Å². The van der Waals surface area contributed by atoms with Crippen molar-refractivity contribution in [2.45, 2.75) is 25.7 Å². The molecule has 2 aromatic rings. The van der Waals surface area contributed by atoms with Gasteiger partial charge in [-0.15, -0.1) is 0 Å². The number of aromatic nitrogens is 2. The Labute approximate surface area is 106 Å². The van der Waals surface area contributed by atoms with Crippen LogP contribution in [0, 0.1) is 0 Å². The lowest BCUT2D eigenvalue weighted by Gasteiger charge is -2.05. The molecule has 1 heterocycles. The van der Waals surface area contributed by atoms with Crippen LogP contribution in [0.2, 0.25) is 0 Å². The van der Waals surface area contributed by atoms with E-state index >= 15 is 0 Å². The van der Waals surface area contributed by atoms with Crippen molar-refractivity contribution in [3.8, 4) is 0 Å². The van der Waals surface area contributed by atoms with Crippen molar-refractivity contribution in [1.29, 1.82) is 0 Å². The molecule has 18 heavy (non-hydrogen) atoms. The molecule has 5 nitrogen and oxygen atoms in total. The number of nitrogens with two attached hydrogens (primary N) is 1. The SMILES string of the molecule is NCCCCCC(=O)Nc1ccc2[nH]ncc2c1. The molecule has 0 saturated carbocycles. The van der Waals surface area contributed by atoms with Crippen molar-refractivity contribution in [2.75, 3.05) is 11.9 Å². The van der Waals surface area contributed by atoms with E-state index in [1.54, 1.807) is 6.20 Å². The van der Waals surface area contributed by atoms with Crippen molar-refractivity contribution >= 4 is 22.5 Å². The fourth-order valence-corrected chi connectivity index (χ4v) is 1.85.